The summed E-state index contributed by atoms with van der Waals surface area (Å²) in [6.45, 7) is 0.735. The third-order valence-electron chi connectivity index (χ3n) is 3.55. The molecule has 0 radical (unpaired) electrons. The van der Waals surface area contributed by atoms with E-state index in [0.717, 1.165) is 18.8 Å². The molecule has 0 aliphatic heterocycles. The summed E-state index contributed by atoms with van der Waals surface area (Å²) in [6.07, 6.45) is 8.14. The molecular weight excluding hydrogens is 186 g/mol. The van der Waals surface area contributed by atoms with Gasteiger partial charge in [0.2, 0.25) is 0 Å². The molecule has 1 unspecified atom stereocenters. The minimum Gasteiger partial charge on any atom is -0.330 e. The van der Waals surface area contributed by atoms with Crippen molar-refractivity contribution in [3.63, 3.8) is 0 Å². The molecule has 1 aromatic heterocycles. The zero-order valence-electron chi connectivity index (χ0n) is 8.95. The number of hydrogen-bond acceptors (Lipinski definition) is 3. The van der Waals surface area contributed by atoms with Crippen molar-refractivity contribution in [3.05, 3.63) is 23.3 Å². The lowest BCUT2D eigenvalue weighted by Gasteiger charge is -2.23. The van der Waals surface area contributed by atoms with Crippen LogP contribution in [0.2, 0.25) is 0 Å². The van der Waals surface area contributed by atoms with Crippen LogP contribution in [0.25, 0.3) is 0 Å². The Morgan fingerprint density at radius 3 is 2.93 bits per heavy atom. The Bertz CT molecular complexity index is 371. The summed E-state index contributed by atoms with van der Waals surface area (Å²) in [5.41, 5.74) is 8.36. The van der Waals surface area contributed by atoms with Crippen LogP contribution >= 0.6 is 0 Å². The summed E-state index contributed by atoms with van der Waals surface area (Å²) in [5.74, 6) is 2.24. The predicted molar refractivity (Wildman–Crippen MR) is 58.7 cm³/mol. The van der Waals surface area contributed by atoms with E-state index in [0.29, 0.717) is 11.8 Å². The number of aryl methyl sites for hydroxylation is 1. The van der Waals surface area contributed by atoms with Crippen LogP contribution < -0.4 is 5.73 Å². The van der Waals surface area contributed by atoms with Gasteiger partial charge in [-0.25, -0.2) is 9.97 Å². The lowest BCUT2D eigenvalue weighted by Crippen LogP contribution is -2.20. The van der Waals surface area contributed by atoms with Gasteiger partial charge in [-0.3, -0.25) is 0 Å². The molecule has 80 valence electrons. The van der Waals surface area contributed by atoms with E-state index in [-0.39, 0.29) is 0 Å². The molecule has 2 N–H and O–H groups in total. The number of fused-ring (bicyclic) bond motifs is 1. The van der Waals surface area contributed by atoms with E-state index in [1.165, 1.54) is 36.9 Å². The normalized spacial score (nSPS) is 25.0. The standard InChI is InChI=1S/C12H17N3/c13-6-9-2-1-3-11-10(9)7-14-12(15-11)8-4-5-8/h7-9H,1-6,13H2. The Balaban J connectivity index is 1.96. The molecule has 0 saturated heterocycles. The highest BCUT2D eigenvalue weighted by atomic mass is 14.9. The fourth-order valence-electron chi connectivity index (χ4n) is 2.44. The van der Waals surface area contributed by atoms with E-state index >= 15 is 0 Å². The minimum atomic E-state index is 0.502. The molecule has 1 fully saturated rings. The largest absolute Gasteiger partial charge is 0.330 e. The Morgan fingerprint density at radius 2 is 2.20 bits per heavy atom. The molecule has 0 aromatic carbocycles. The zero-order chi connectivity index (χ0) is 10.3. The van der Waals surface area contributed by atoms with Crippen molar-refractivity contribution in [2.45, 2.75) is 43.9 Å². The summed E-state index contributed by atoms with van der Waals surface area (Å²) in [5, 5.41) is 0. The van der Waals surface area contributed by atoms with Crippen LogP contribution in [0.15, 0.2) is 6.20 Å². The highest BCUT2D eigenvalue weighted by molar-refractivity contribution is 5.26. The topological polar surface area (TPSA) is 51.8 Å². The lowest BCUT2D eigenvalue weighted by molar-refractivity contribution is 0.544. The van der Waals surface area contributed by atoms with Gasteiger partial charge >= 0.3 is 0 Å². The van der Waals surface area contributed by atoms with Gasteiger partial charge < -0.3 is 5.73 Å². The molecule has 15 heavy (non-hydrogen) atoms. The number of aromatic nitrogens is 2. The first kappa shape index (κ1) is 9.28. The molecule has 1 atom stereocenters. The zero-order valence-corrected chi connectivity index (χ0v) is 8.95. The van der Waals surface area contributed by atoms with Crippen LogP contribution in [0.4, 0.5) is 0 Å². The molecule has 0 spiro atoms. The van der Waals surface area contributed by atoms with Crippen LogP contribution in [0.5, 0.6) is 0 Å². The van der Waals surface area contributed by atoms with Gasteiger partial charge in [0.25, 0.3) is 0 Å². The third kappa shape index (κ3) is 1.65. The first-order chi connectivity index (χ1) is 7.38. The van der Waals surface area contributed by atoms with Crippen molar-refractivity contribution in [1.82, 2.24) is 9.97 Å². The van der Waals surface area contributed by atoms with Gasteiger partial charge in [0.15, 0.2) is 0 Å². The Morgan fingerprint density at radius 1 is 1.33 bits per heavy atom. The van der Waals surface area contributed by atoms with Crippen LogP contribution in [-0.4, -0.2) is 16.5 Å². The van der Waals surface area contributed by atoms with Gasteiger partial charge in [0.1, 0.15) is 5.82 Å². The summed E-state index contributed by atoms with van der Waals surface area (Å²) in [4.78, 5) is 9.19. The monoisotopic (exact) mass is 203 g/mol. The maximum absolute atomic E-state index is 5.77. The fraction of sp³-hybridized carbons (Fsp3) is 0.667. The van der Waals surface area contributed by atoms with Crippen molar-refractivity contribution in [2.24, 2.45) is 5.73 Å². The number of rotatable bonds is 2. The van der Waals surface area contributed by atoms with Crippen molar-refractivity contribution >= 4 is 0 Å². The van der Waals surface area contributed by atoms with Crippen LogP contribution in [0, 0.1) is 0 Å². The van der Waals surface area contributed by atoms with Crippen LogP contribution in [0.1, 0.15) is 54.6 Å². The molecular formula is C12H17N3. The smallest absolute Gasteiger partial charge is 0.131 e. The maximum atomic E-state index is 5.77. The van der Waals surface area contributed by atoms with Gasteiger partial charge in [0, 0.05) is 17.8 Å². The molecule has 2 aliphatic carbocycles. The third-order valence-corrected chi connectivity index (χ3v) is 3.55. The number of nitrogens with two attached hydrogens (primary N) is 1. The predicted octanol–water partition coefficient (Wildman–Crippen LogP) is 1.73. The second-order valence-corrected chi connectivity index (χ2v) is 4.73. The van der Waals surface area contributed by atoms with E-state index < -0.39 is 0 Å². The van der Waals surface area contributed by atoms with Gasteiger partial charge in [0.05, 0.1) is 0 Å². The average Bonchev–Trinajstić information content (AvgIpc) is 3.11. The van der Waals surface area contributed by atoms with Gasteiger partial charge in [-0.05, 0) is 50.1 Å². The number of nitrogens with zero attached hydrogens (tertiary/aromatic N) is 2. The number of hydrogen-bond donors (Lipinski definition) is 1. The quantitative estimate of drug-likeness (QED) is 0.796. The minimum absolute atomic E-state index is 0.502. The van der Waals surface area contributed by atoms with E-state index in [4.69, 9.17) is 10.7 Å². The van der Waals surface area contributed by atoms with Crippen molar-refractivity contribution in [2.75, 3.05) is 6.54 Å². The molecule has 3 rings (SSSR count). The van der Waals surface area contributed by atoms with E-state index in [2.05, 4.69) is 4.98 Å². The van der Waals surface area contributed by atoms with Crippen molar-refractivity contribution < 1.29 is 0 Å². The first-order valence-corrected chi connectivity index (χ1v) is 5.94. The van der Waals surface area contributed by atoms with Gasteiger partial charge in [-0.2, -0.15) is 0 Å². The highest BCUT2D eigenvalue weighted by Crippen LogP contribution is 2.39. The summed E-state index contributed by atoms with van der Waals surface area (Å²) < 4.78 is 0. The van der Waals surface area contributed by atoms with Crippen molar-refractivity contribution in [3.8, 4) is 0 Å². The summed E-state index contributed by atoms with van der Waals surface area (Å²) in [7, 11) is 0. The highest BCUT2D eigenvalue weighted by Gasteiger charge is 2.28. The van der Waals surface area contributed by atoms with E-state index in [1.54, 1.807) is 0 Å². The molecule has 3 heteroatoms. The molecule has 0 amide bonds. The molecule has 3 nitrogen and oxygen atoms in total. The summed E-state index contributed by atoms with van der Waals surface area (Å²) >= 11 is 0. The molecule has 1 heterocycles. The Labute approximate surface area is 90.1 Å². The fourth-order valence-corrected chi connectivity index (χ4v) is 2.44. The second-order valence-electron chi connectivity index (χ2n) is 4.73. The van der Waals surface area contributed by atoms with Crippen molar-refractivity contribution in [1.29, 1.82) is 0 Å². The molecule has 2 aliphatic rings. The summed E-state index contributed by atoms with van der Waals surface area (Å²) in [6, 6.07) is 0. The first-order valence-electron chi connectivity index (χ1n) is 5.94. The lowest BCUT2D eigenvalue weighted by atomic mass is 9.86. The molecule has 0 bridgehead atoms. The Hall–Kier alpha value is -0.960. The van der Waals surface area contributed by atoms with E-state index in [9.17, 15) is 0 Å². The average molecular weight is 203 g/mol. The van der Waals surface area contributed by atoms with Gasteiger partial charge in [-0.15, -0.1) is 0 Å². The van der Waals surface area contributed by atoms with Crippen LogP contribution in [-0.2, 0) is 6.42 Å². The second kappa shape index (κ2) is 3.56. The Kier molecular flexibility index (Phi) is 2.20. The maximum Gasteiger partial charge on any atom is 0.131 e. The van der Waals surface area contributed by atoms with Gasteiger partial charge in [-0.1, -0.05) is 0 Å². The SMILES string of the molecule is NCC1CCCc2nc(C3CC3)ncc21. The van der Waals surface area contributed by atoms with E-state index in [1.807, 2.05) is 6.20 Å². The van der Waals surface area contributed by atoms with Crippen LogP contribution in [0.3, 0.4) is 0 Å². The molecule has 1 aromatic rings. The molecule has 1 saturated carbocycles.